The molecule has 1 aliphatic heterocycles. The first-order chi connectivity index (χ1) is 10.8. The highest BCUT2D eigenvalue weighted by atomic mass is 16.5. The van der Waals surface area contributed by atoms with Crippen LogP contribution in [0.5, 0.6) is 0 Å². The van der Waals surface area contributed by atoms with Gasteiger partial charge in [-0.1, -0.05) is 6.08 Å². The summed E-state index contributed by atoms with van der Waals surface area (Å²) in [6.45, 7) is 0.747. The Balaban J connectivity index is 1.57. The number of rotatable bonds is 4. The van der Waals surface area contributed by atoms with Crippen molar-refractivity contribution in [3.05, 3.63) is 36.1 Å². The molecule has 2 fully saturated rings. The van der Waals surface area contributed by atoms with Gasteiger partial charge in [0, 0.05) is 26.0 Å². The van der Waals surface area contributed by atoms with Crippen LogP contribution in [0.15, 0.2) is 22.9 Å². The van der Waals surface area contributed by atoms with E-state index in [1.807, 2.05) is 23.9 Å². The topological polar surface area (TPSA) is 66.0 Å². The van der Waals surface area contributed by atoms with Gasteiger partial charge in [0.15, 0.2) is 0 Å². The van der Waals surface area contributed by atoms with Crippen LogP contribution in [0.4, 0.5) is 0 Å². The van der Waals surface area contributed by atoms with E-state index in [4.69, 9.17) is 9.15 Å². The normalized spacial score (nSPS) is 25.9. The molecule has 1 saturated heterocycles. The molecule has 22 heavy (non-hydrogen) atoms. The summed E-state index contributed by atoms with van der Waals surface area (Å²) in [6.07, 6.45) is 12.2. The lowest BCUT2D eigenvalue weighted by Gasteiger charge is -2.28. The third kappa shape index (κ3) is 2.70. The number of aryl methyl sites for hydroxylation is 1. The fourth-order valence-corrected chi connectivity index (χ4v) is 2.91. The first-order valence-electron chi connectivity index (χ1n) is 7.91. The van der Waals surface area contributed by atoms with E-state index in [9.17, 15) is 0 Å². The summed E-state index contributed by atoms with van der Waals surface area (Å²) in [7, 11) is 1.98. The van der Waals surface area contributed by atoms with Crippen molar-refractivity contribution in [2.45, 2.75) is 37.7 Å². The quantitative estimate of drug-likeness (QED) is 0.868. The fraction of sp³-hybridized carbons (Fsp3) is 0.562. The van der Waals surface area contributed by atoms with Crippen LogP contribution in [-0.4, -0.2) is 26.4 Å². The molecule has 2 aromatic heterocycles. The van der Waals surface area contributed by atoms with Gasteiger partial charge in [0.2, 0.25) is 11.8 Å². The van der Waals surface area contributed by atoms with Crippen LogP contribution >= 0.6 is 0 Å². The molecule has 6 nitrogen and oxygen atoms in total. The van der Waals surface area contributed by atoms with Gasteiger partial charge in [0.05, 0.1) is 5.92 Å². The summed E-state index contributed by atoms with van der Waals surface area (Å²) >= 11 is 0. The molecular formula is C16H20N4O2. The summed E-state index contributed by atoms with van der Waals surface area (Å²) < 4.78 is 13.8. The van der Waals surface area contributed by atoms with Gasteiger partial charge in [0.25, 0.3) is 0 Å². The molecule has 2 aromatic rings. The molecule has 6 heteroatoms. The summed E-state index contributed by atoms with van der Waals surface area (Å²) in [4.78, 5) is 4.42. The minimum atomic E-state index is -0.116. The van der Waals surface area contributed by atoms with Crippen LogP contribution < -0.4 is 0 Å². The van der Waals surface area contributed by atoms with Gasteiger partial charge in [-0.2, -0.15) is 0 Å². The Labute approximate surface area is 129 Å². The smallest absolute Gasteiger partial charge is 0.240 e. The van der Waals surface area contributed by atoms with E-state index in [0.717, 1.165) is 25.3 Å². The molecule has 0 bridgehead atoms. The second-order valence-electron chi connectivity index (χ2n) is 6.11. The summed E-state index contributed by atoms with van der Waals surface area (Å²) in [5.74, 6) is 2.94. The molecule has 0 spiro atoms. The third-order valence-corrected chi connectivity index (χ3v) is 4.34. The van der Waals surface area contributed by atoms with Crippen molar-refractivity contribution in [1.29, 1.82) is 0 Å². The first kappa shape index (κ1) is 13.7. The van der Waals surface area contributed by atoms with Crippen LogP contribution in [0.2, 0.25) is 0 Å². The van der Waals surface area contributed by atoms with Crippen molar-refractivity contribution >= 4 is 6.08 Å². The average molecular weight is 300 g/mol. The van der Waals surface area contributed by atoms with Gasteiger partial charge in [-0.3, -0.25) is 0 Å². The van der Waals surface area contributed by atoms with Gasteiger partial charge in [-0.15, -0.1) is 10.2 Å². The SMILES string of the molecule is Cn1ccnc1[C@@H]1OCCC[C@H]1c1nnc(/C=C/C2CC2)o1. The van der Waals surface area contributed by atoms with Crippen molar-refractivity contribution < 1.29 is 9.15 Å². The van der Waals surface area contributed by atoms with Gasteiger partial charge in [-0.25, -0.2) is 4.98 Å². The number of ether oxygens (including phenoxy) is 1. The predicted molar refractivity (Wildman–Crippen MR) is 79.9 cm³/mol. The van der Waals surface area contributed by atoms with E-state index >= 15 is 0 Å². The van der Waals surface area contributed by atoms with Crippen molar-refractivity contribution in [3.8, 4) is 0 Å². The molecule has 4 rings (SSSR count). The largest absolute Gasteiger partial charge is 0.421 e. The molecule has 2 atom stereocenters. The zero-order valence-electron chi connectivity index (χ0n) is 12.7. The maximum absolute atomic E-state index is 5.96. The summed E-state index contributed by atoms with van der Waals surface area (Å²) in [5.41, 5.74) is 0. The van der Waals surface area contributed by atoms with Crippen LogP contribution in [0.25, 0.3) is 6.08 Å². The lowest BCUT2D eigenvalue weighted by Crippen LogP contribution is -2.23. The standard InChI is InChI=1S/C16H20N4O2/c1-20-9-8-17-15(20)14-12(3-2-10-21-14)16-19-18-13(22-16)7-6-11-4-5-11/h6-9,11-12,14H,2-5,10H2,1H3/b7-6+/t12-,14-/m1/s1. The Morgan fingerprint density at radius 3 is 2.95 bits per heavy atom. The third-order valence-electron chi connectivity index (χ3n) is 4.34. The zero-order chi connectivity index (χ0) is 14.9. The molecule has 1 saturated carbocycles. The molecule has 116 valence electrons. The number of aromatic nitrogens is 4. The van der Waals surface area contributed by atoms with E-state index in [1.165, 1.54) is 12.8 Å². The molecular weight excluding hydrogens is 280 g/mol. The van der Waals surface area contributed by atoms with Gasteiger partial charge < -0.3 is 13.7 Å². The molecule has 0 aromatic carbocycles. The van der Waals surface area contributed by atoms with E-state index in [1.54, 1.807) is 6.20 Å². The lowest BCUT2D eigenvalue weighted by molar-refractivity contribution is -0.0157. The molecule has 2 aliphatic rings. The van der Waals surface area contributed by atoms with Crippen molar-refractivity contribution in [3.63, 3.8) is 0 Å². The maximum atomic E-state index is 5.96. The second-order valence-corrected chi connectivity index (χ2v) is 6.11. The first-order valence-corrected chi connectivity index (χ1v) is 7.91. The minimum absolute atomic E-state index is 0.0745. The van der Waals surface area contributed by atoms with Gasteiger partial charge in [0.1, 0.15) is 11.9 Å². The lowest BCUT2D eigenvalue weighted by atomic mass is 9.93. The van der Waals surface area contributed by atoms with Crippen molar-refractivity contribution in [2.24, 2.45) is 13.0 Å². The Morgan fingerprint density at radius 1 is 1.27 bits per heavy atom. The number of hydrogen-bond donors (Lipinski definition) is 0. The summed E-state index contributed by atoms with van der Waals surface area (Å²) in [5, 5.41) is 8.39. The predicted octanol–water partition coefficient (Wildman–Crippen LogP) is 2.86. The molecule has 0 amide bonds. The van der Waals surface area contributed by atoms with Crippen LogP contribution in [0.3, 0.4) is 0 Å². The molecule has 0 radical (unpaired) electrons. The van der Waals surface area contributed by atoms with E-state index < -0.39 is 0 Å². The molecule has 1 aliphatic carbocycles. The van der Waals surface area contributed by atoms with E-state index in [2.05, 4.69) is 21.3 Å². The Kier molecular flexibility index (Phi) is 3.54. The minimum Gasteiger partial charge on any atom is -0.421 e. The Hall–Kier alpha value is -1.95. The highest BCUT2D eigenvalue weighted by Gasteiger charge is 2.35. The van der Waals surface area contributed by atoms with Gasteiger partial charge >= 0.3 is 0 Å². The Morgan fingerprint density at radius 2 is 2.18 bits per heavy atom. The molecule has 0 N–H and O–H groups in total. The molecule has 3 heterocycles. The number of nitrogens with zero attached hydrogens (tertiary/aromatic N) is 4. The second kappa shape index (κ2) is 5.68. The maximum Gasteiger partial charge on any atom is 0.240 e. The van der Waals surface area contributed by atoms with E-state index in [-0.39, 0.29) is 12.0 Å². The van der Waals surface area contributed by atoms with Crippen molar-refractivity contribution in [1.82, 2.24) is 19.7 Å². The highest BCUT2D eigenvalue weighted by Crippen LogP contribution is 2.39. The summed E-state index contributed by atoms with van der Waals surface area (Å²) in [6, 6.07) is 0. The van der Waals surface area contributed by atoms with Crippen LogP contribution in [-0.2, 0) is 11.8 Å². The number of allylic oxidation sites excluding steroid dienone is 1. The van der Waals surface area contributed by atoms with Crippen LogP contribution in [0.1, 0.15) is 55.3 Å². The monoisotopic (exact) mass is 300 g/mol. The van der Waals surface area contributed by atoms with Gasteiger partial charge in [-0.05, 0) is 37.7 Å². The average Bonchev–Trinajstić information content (AvgIpc) is 3.08. The fourth-order valence-electron chi connectivity index (χ4n) is 2.91. The zero-order valence-corrected chi connectivity index (χ0v) is 12.7. The van der Waals surface area contributed by atoms with Crippen molar-refractivity contribution in [2.75, 3.05) is 6.61 Å². The highest BCUT2D eigenvalue weighted by molar-refractivity contribution is 5.38. The number of imidazole rings is 1. The van der Waals surface area contributed by atoms with Crippen LogP contribution in [0, 0.1) is 5.92 Å². The molecule has 0 unspecified atom stereocenters. The Bertz CT molecular complexity index is 671. The van der Waals surface area contributed by atoms with E-state index in [0.29, 0.717) is 17.7 Å². The number of hydrogen-bond acceptors (Lipinski definition) is 5.